The first-order chi connectivity index (χ1) is 14.8. The summed E-state index contributed by atoms with van der Waals surface area (Å²) < 4.78 is 5.47. The summed E-state index contributed by atoms with van der Waals surface area (Å²) in [6.45, 7) is 5.37. The van der Waals surface area contributed by atoms with Gasteiger partial charge in [0.1, 0.15) is 10.6 Å². The quantitative estimate of drug-likeness (QED) is 0.208. The molecule has 0 spiro atoms. The van der Waals surface area contributed by atoms with Crippen LogP contribution in [0.3, 0.4) is 0 Å². The molecule has 0 fully saturated rings. The maximum atomic E-state index is 12.3. The minimum absolute atomic E-state index is 0.302. The van der Waals surface area contributed by atoms with Gasteiger partial charge < -0.3 is 10.1 Å². The summed E-state index contributed by atoms with van der Waals surface area (Å²) in [4.78, 5) is 37.1. The van der Waals surface area contributed by atoms with Gasteiger partial charge in [-0.1, -0.05) is 30.3 Å². The zero-order chi connectivity index (χ0) is 22.4. The molecule has 0 bridgehead atoms. The molecule has 0 aliphatic rings. The Morgan fingerprint density at radius 1 is 0.968 bits per heavy atom. The monoisotopic (exact) mass is 435 g/mol. The van der Waals surface area contributed by atoms with E-state index in [0.29, 0.717) is 27.6 Å². The first-order valence-corrected chi connectivity index (χ1v) is 10.3. The van der Waals surface area contributed by atoms with Gasteiger partial charge in [0.25, 0.3) is 0 Å². The van der Waals surface area contributed by atoms with Gasteiger partial charge in [-0.3, -0.25) is 9.59 Å². The Balaban J connectivity index is 1.68. The standard InChI is InChI=1S/C23H21N3O4S/c1-14-10-11-15(2)18(13-14)24-21(27)22(28)26-25-16(3)17-7-4-5-8-19(17)30-23(29)20-9-6-12-31-20/h4-13H,1-3H3,(H,24,27)(H,26,28). The second kappa shape index (κ2) is 9.82. The van der Waals surface area contributed by atoms with Gasteiger partial charge in [0.05, 0.1) is 5.71 Å². The topological polar surface area (TPSA) is 96.9 Å². The largest absolute Gasteiger partial charge is 0.422 e. The number of benzene rings is 2. The number of carbonyl (C=O) groups excluding carboxylic acids is 3. The van der Waals surface area contributed by atoms with Crippen LogP contribution in [-0.2, 0) is 9.59 Å². The molecular weight excluding hydrogens is 414 g/mol. The van der Waals surface area contributed by atoms with E-state index in [-0.39, 0.29) is 0 Å². The zero-order valence-electron chi connectivity index (χ0n) is 17.3. The van der Waals surface area contributed by atoms with Crippen molar-refractivity contribution in [3.63, 3.8) is 0 Å². The van der Waals surface area contributed by atoms with Crippen molar-refractivity contribution >= 4 is 40.5 Å². The van der Waals surface area contributed by atoms with Crippen LogP contribution in [0.25, 0.3) is 0 Å². The number of nitrogens with zero attached hydrogens (tertiary/aromatic N) is 1. The molecule has 3 rings (SSSR count). The third-order valence-corrected chi connectivity index (χ3v) is 5.22. The fourth-order valence-electron chi connectivity index (χ4n) is 2.69. The highest BCUT2D eigenvalue weighted by atomic mass is 32.1. The van der Waals surface area contributed by atoms with Crippen molar-refractivity contribution in [2.75, 3.05) is 5.32 Å². The third-order valence-electron chi connectivity index (χ3n) is 4.37. The molecule has 0 atom stereocenters. The number of thiophene rings is 1. The number of hydrazone groups is 1. The molecule has 7 nitrogen and oxygen atoms in total. The average Bonchev–Trinajstić information content (AvgIpc) is 3.30. The molecule has 31 heavy (non-hydrogen) atoms. The molecule has 0 saturated carbocycles. The highest BCUT2D eigenvalue weighted by molar-refractivity contribution is 7.12. The lowest BCUT2D eigenvalue weighted by Crippen LogP contribution is -2.33. The zero-order valence-corrected chi connectivity index (χ0v) is 18.1. The summed E-state index contributed by atoms with van der Waals surface area (Å²) in [7, 11) is 0. The number of hydrogen-bond acceptors (Lipinski definition) is 6. The molecule has 0 radical (unpaired) electrons. The maximum Gasteiger partial charge on any atom is 0.353 e. The van der Waals surface area contributed by atoms with Crippen LogP contribution in [0.4, 0.5) is 5.69 Å². The average molecular weight is 436 g/mol. The second-order valence-corrected chi connectivity index (χ2v) is 7.72. The van der Waals surface area contributed by atoms with Crippen molar-refractivity contribution in [1.82, 2.24) is 5.43 Å². The molecule has 0 unspecified atom stereocenters. The van der Waals surface area contributed by atoms with Crippen molar-refractivity contribution in [3.8, 4) is 5.75 Å². The van der Waals surface area contributed by atoms with E-state index < -0.39 is 17.8 Å². The summed E-state index contributed by atoms with van der Waals surface area (Å²) in [6.07, 6.45) is 0. The highest BCUT2D eigenvalue weighted by Gasteiger charge is 2.16. The summed E-state index contributed by atoms with van der Waals surface area (Å²) in [6, 6.07) is 15.8. The predicted molar refractivity (Wildman–Crippen MR) is 121 cm³/mol. The summed E-state index contributed by atoms with van der Waals surface area (Å²) in [5.41, 5.74) is 5.50. The van der Waals surface area contributed by atoms with E-state index in [1.807, 2.05) is 26.0 Å². The Labute approximate surface area is 183 Å². The van der Waals surface area contributed by atoms with Crippen LogP contribution in [-0.4, -0.2) is 23.5 Å². The first kappa shape index (κ1) is 21.9. The molecule has 0 aliphatic carbocycles. The lowest BCUT2D eigenvalue weighted by Gasteiger charge is -2.10. The molecular formula is C23H21N3O4S. The van der Waals surface area contributed by atoms with Gasteiger partial charge >= 0.3 is 17.8 Å². The number of aryl methyl sites for hydroxylation is 2. The van der Waals surface area contributed by atoms with Crippen molar-refractivity contribution in [3.05, 3.63) is 81.5 Å². The number of ether oxygens (including phenoxy) is 1. The van der Waals surface area contributed by atoms with Gasteiger partial charge in [0.15, 0.2) is 0 Å². The van der Waals surface area contributed by atoms with E-state index in [9.17, 15) is 14.4 Å². The normalized spacial score (nSPS) is 11.0. The fraction of sp³-hybridized carbons (Fsp3) is 0.130. The first-order valence-electron chi connectivity index (χ1n) is 9.43. The van der Waals surface area contributed by atoms with Crippen molar-refractivity contribution in [2.24, 2.45) is 5.10 Å². The van der Waals surface area contributed by atoms with Gasteiger partial charge in [-0.2, -0.15) is 5.10 Å². The van der Waals surface area contributed by atoms with E-state index in [2.05, 4.69) is 15.8 Å². The summed E-state index contributed by atoms with van der Waals surface area (Å²) in [5.74, 6) is -1.92. The van der Waals surface area contributed by atoms with Crippen molar-refractivity contribution in [1.29, 1.82) is 0 Å². The number of esters is 1. The summed E-state index contributed by atoms with van der Waals surface area (Å²) in [5, 5.41) is 8.36. The van der Waals surface area contributed by atoms with Crippen LogP contribution in [0, 0.1) is 13.8 Å². The van der Waals surface area contributed by atoms with E-state index in [4.69, 9.17) is 4.74 Å². The third kappa shape index (κ3) is 5.64. The van der Waals surface area contributed by atoms with Crippen molar-refractivity contribution in [2.45, 2.75) is 20.8 Å². The Morgan fingerprint density at radius 2 is 1.74 bits per heavy atom. The van der Waals surface area contributed by atoms with Crippen molar-refractivity contribution < 1.29 is 19.1 Å². The van der Waals surface area contributed by atoms with Gasteiger partial charge in [-0.05, 0) is 61.5 Å². The number of carbonyl (C=O) groups is 3. The Kier molecular flexibility index (Phi) is 6.94. The van der Waals surface area contributed by atoms with Crippen LogP contribution < -0.4 is 15.5 Å². The summed E-state index contributed by atoms with van der Waals surface area (Å²) >= 11 is 1.28. The van der Waals surface area contributed by atoms with Crippen LogP contribution in [0.5, 0.6) is 5.75 Å². The van der Waals surface area contributed by atoms with Gasteiger partial charge in [0.2, 0.25) is 0 Å². The maximum absolute atomic E-state index is 12.3. The van der Waals surface area contributed by atoms with Gasteiger partial charge in [0, 0.05) is 11.3 Å². The van der Waals surface area contributed by atoms with E-state index in [0.717, 1.165) is 11.1 Å². The Morgan fingerprint density at radius 3 is 2.48 bits per heavy atom. The fourth-order valence-corrected chi connectivity index (χ4v) is 3.29. The number of anilines is 1. The van der Waals surface area contributed by atoms with E-state index in [1.165, 1.54) is 11.3 Å². The molecule has 158 valence electrons. The minimum Gasteiger partial charge on any atom is -0.422 e. The predicted octanol–water partition coefficient (Wildman–Crippen LogP) is 4.06. The number of amides is 2. The number of nitrogens with one attached hydrogen (secondary N) is 2. The minimum atomic E-state index is -0.909. The molecule has 2 amide bonds. The van der Waals surface area contributed by atoms with Crippen LogP contribution in [0.2, 0.25) is 0 Å². The second-order valence-electron chi connectivity index (χ2n) is 6.77. The molecule has 1 heterocycles. The number of hydrogen-bond donors (Lipinski definition) is 2. The van der Waals surface area contributed by atoms with Crippen LogP contribution >= 0.6 is 11.3 Å². The van der Waals surface area contributed by atoms with E-state index in [1.54, 1.807) is 54.8 Å². The molecule has 0 saturated heterocycles. The SMILES string of the molecule is CC(=NNC(=O)C(=O)Nc1cc(C)ccc1C)c1ccccc1OC(=O)c1cccs1. The highest BCUT2D eigenvalue weighted by Crippen LogP contribution is 2.21. The lowest BCUT2D eigenvalue weighted by atomic mass is 10.1. The number of rotatable bonds is 5. The molecule has 2 N–H and O–H groups in total. The lowest BCUT2D eigenvalue weighted by molar-refractivity contribution is -0.136. The van der Waals surface area contributed by atoms with Gasteiger partial charge in [-0.25, -0.2) is 10.2 Å². The Bertz CT molecular complexity index is 1150. The molecule has 2 aromatic carbocycles. The molecule has 0 aliphatic heterocycles. The van der Waals surface area contributed by atoms with Crippen LogP contribution in [0.1, 0.15) is 33.3 Å². The smallest absolute Gasteiger partial charge is 0.353 e. The van der Waals surface area contributed by atoms with E-state index >= 15 is 0 Å². The van der Waals surface area contributed by atoms with Gasteiger partial charge in [-0.15, -0.1) is 11.3 Å². The molecule has 1 aromatic heterocycles. The van der Waals surface area contributed by atoms with Crippen LogP contribution in [0.15, 0.2) is 65.1 Å². The molecule has 3 aromatic rings. The molecule has 8 heteroatoms. The number of para-hydroxylation sites is 1. The Hall–Kier alpha value is -3.78.